The molecule has 16 heavy (non-hydrogen) atoms. The summed E-state index contributed by atoms with van der Waals surface area (Å²) >= 11 is 0. The van der Waals surface area contributed by atoms with Gasteiger partial charge in [0.05, 0.1) is 0 Å². The van der Waals surface area contributed by atoms with Crippen LogP contribution in [0.3, 0.4) is 0 Å². The third kappa shape index (κ3) is 1.50. The van der Waals surface area contributed by atoms with Crippen molar-refractivity contribution in [1.29, 1.82) is 0 Å². The maximum Gasteiger partial charge on any atom is 0.316 e. The number of hydrogen-bond donors (Lipinski definition) is 2. The standard InChI is InChI=1S/C11H12N4O/c12-10-14-15-11(16-10)13-6-8-5-7-3-1-2-4-9(7)8/h1-4,8H,5-6H2,(H2,12,14)(H,13,15). The second-order valence-electron chi connectivity index (χ2n) is 3.93. The van der Waals surface area contributed by atoms with Crippen LogP contribution in [0.15, 0.2) is 28.7 Å². The van der Waals surface area contributed by atoms with E-state index in [-0.39, 0.29) is 6.01 Å². The van der Waals surface area contributed by atoms with Crippen molar-refractivity contribution >= 4 is 12.0 Å². The Bertz CT molecular complexity index is 508. The average molecular weight is 216 g/mol. The van der Waals surface area contributed by atoms with E-state index in [1.807, 2.05) is 0 Å². The van der Waals surface area contributed by atoms with Gasteiger partial charge in [-0.3, -0.25) is 0 Å². The third-order valence-electron chi connectivity index (χ3n) is 2.90. The van der Waals surface area contributed by atoms with Crippen LogP contribution in [0.4, 0.5) is 12.0 Å². The molecule has 2 aromatic rings. The molecule has 1 aromatic carbocycles. The number of nitrogen functional groups attached to an aromatic ring is 1. The zero-order chi connectivity index (χ0) is 11.0. The summed E-state index contributed by atoms with van der Waals surface area (Å²) in [6.07, 6.45) is 1.10. The molecule has 1 aliphatic rings. The first-order chi connectivity index (χ1) is 7.83. The average Bonchev–Trinajstić information content (AvgIpc) is 2.66. The lowest BCUT2D eigenvalue weighted by Crippen LogP contribution is -2.24. The summed E-state index contributed by atoms with van der Waals surface area (Å²) in [7, 11) is 0. The lowest BCUT2D eigenvalue weighted by molar-refractivity contribution is 0.568. The molecule has 3 rings (SSSR count). The molecule has 5 nitrogen and oxygen atoms in total. The Kier molecular flexibility index (Phi) is 2.02. The van der Waals surface area contributed by atoms with Gasteiger partial charge in [0.25, 0.3) is 0 Å². The highest BCUT2D eigenvalue weighted by atomic mass is 16.4. The van der Waals surface area contributed by atoms with Gasteiger partial charge in [-0.25, -0.2) is 0 Å². The van der Waals surface area contributed by atoms with E-state index in [1.165, 1.54) is 11.1 Å². The van der Waals surface area contributed by atoms with E-state index in [9.17, 15) is 0 Å². The van der Waals surface area contributed by atoms with E-state index < -0.39 is 0 Å². The third-order valence-corrected chi connectivity index (χ3v) is 2.90. The van der Waals surface area contributed by atoms with Crippen molar-refractivity contribution < 1.29 is 4.42 Å². The number of nitrogens with zero attached hydrogens (tertiary/aromatic N) is 2. The summed E-state index contributed by atoms with van der Waals surface area (Å²) in [5, 5.41) is 10.4. The van der Waals surface area contributed by atoms with E-state index >= 15 is 0 Å². The summed E-state index contributed by atoms with van der Waals surface area (Å²) in [4.78, 5) is 0. The van der Waals surface area contributed by atoms with Crippen molar-refractivity contribution in [2.24, 2.45) is 0 Å². The van der Waals surface area contributed by atoms with E-state index in [4.69, 9.17) is 10.2 Å². The lowest BCUT2D eigenvalue weighted by Gasteiger charge is -2.29. The van der Waals surface area contributed by atoms with Gasteiger partial charge in [0, 0.05) is 12.5 Å². The monoisotopic (exact) mass is 216 g/mol. The maximum absolute atomic E-state index is 5.33. The topological polar surface area (TPSA) is 77.0 Å². The molecule has 0 radical (unpaired) electrons. The number of nitrogens with two attached hydrogens (primary N) is 1. The Morgan fingerprint density at radius 1 is 1.38 bits per heavy atom. The van der Waals surface area contributed by atoms with Gasteiger partial charge >= 0.3 is 12.0 Å². The van der Waals surface area contributed by atoms with Crippen LogP contribution in [-0.2, 0) is 6.42 Å². The van der Waals surface area contributed by atoms with Crippen LogP contribution in [0.1, 0.15) is 17.0 Å². The fourth-order valence-electron chi connectivity index (χ4n) is 2.06. The molecule has 3 N–H and O–H groups in total. The van der Waals surface area contributed by atoms with Crippen molar-refractivity contribution in [2.45, 2.75) is 12.3 Å². The van der Waals surface area contributed by atoms with Crippen LogP contribution < -0.4 is 11.1 Å². The molecule has 0 saturated heterocycles. The van der Waals surface area contributed by atoms with Crippen molar-refractivity contribution in [1.82, 2.24) is 10.2 Å². The van der Waals surface area contributed by atoms with Gasteiger partial charge in [-0.1, -0.05) is 34.5 Å². The first-order valence-electron chi connectivity index (χ1n) is 5.23. The Balaban J connectivity index is 1.63. The summed E-state index contributed by atoms with van der Waals surface area (Å²) < 4.78 is 5.03. The number of hydrogen-bond acceptors (Lipinski definition) is 5. The Morgan fingerprint density at radius 2 is 2.25 bits per heavy atom. The Morgan fingerprint density at radius 3 is 3.00 bits per heavy atom. The Labute approximate surface area is 92.7 Å². The largest absolute Gasteiger partial charge is 0.390 e. The Hall–Kier alpha value is -2.04. The highest BCUT2D eigenvalue weighted by Gasteiger charge is 2.25. The van der Waals surface area contributed by atoms with Gasteiger partial charge in [-0.05, 0) is 17.5 Å². The van der Waals surface area contributed by atoms with Crippen LogP contribution in [-0.4, -0.2) is 16.7 Å². The molecular weight excluding hydrogens is 204 g/mol. The van der Waals surface area contributed by atoms with Crippen molar-refractivity contribution in [2.75, 3.05) is 17.6 Å². The highest BCUT2D eigenvalue weighted by molar-refractivity contribution is 5.41. The molecule has 1 heterocycles. The fourth-order valence-corrected chi connectivity index (χ4v) is 2.06. The molecule has 0 saturated carbocycles. The van der Waals surface area contributed by atoms with E-state index in [2.05, 4.69) is 39.8 Å². The van der Waals surface area contributed by atoms with Crippen molar-refractivity contribution in [3.05, 3.63) is 35.4 Å². The van der Waals surface area contributed by atoms with E-state index in [1.54, 1.807) is 0 Å². The van der Waals surface area contributed by atoms with Gasteiger partial charge in [0.1, 0.15) is 0 Å². The highest BCUT2D eigenvalue weighted by Crippen LogP contribution is 2.34. The number of rotatable bonds is 3. The molecule has 0 bridgehead atoms. The quantitative estimate of drug-likeness (QED) is 0.811. The number of aromatic nitrogens is 2. The predicted octanol–water partition coefficient (Wildman–Crippen LogP) is 1.40. The minimum atomic E-state index is 0.0940. The first-order valence-corrected chi connectivity index (χ1v) is 5.23. The molecule has 0 aliphatic heterocycles. The lowest BCUT2D eigenvalue weighted by atomic mass is 9.78. The molecule has 1 aromatic heterocycles. The van der Waals surface area contributed by atoms with Gasteiger partial charge in [-0.15, -0.1) is 0 Å². The van der Waals surface area contributed by atoms with Crippen LogP contribution >= 0.6 is 0 Å². The maximum atomic E-state index is 5.33. The van der Waals surface area contributed by atoms with Crippen LogP contribution in [0.5, 0.6) is 0 Å². The number of anilines is 2. The smallest absolute Gasteiger partial charge is 0.316 e. The molecule has 5 heteroatoms. The molecule has 1 atom stereocenters. The number of fused-ring (bicyclic) bond motifs is 1. The normalized spacial score (nSPS) is 17.6. The van der Waals surface area contributed by atoms with Crippen LogP contribution in [0, 0.1) is 0 Å². The second kappa shape index (κ2) is 3.52. The summed E-state index contributed by atoms with van der Waals surface area (Å²) in [6, 6.07) is 8.94. The minimum absolute atomic E-state index is 0.0940. The summed E-state index contributed by atoms with van der Waals surface area (Å²) in [5.41, 5.74) is 8.16. The molecule has 1 unspecified atom stereocenters. The zero-order valence-electron chi connectivity index (χ0n) is 8.68. The van der Waals surface area contributed by atoms with Gasteiger partial charge in [-0.2, -0.15) is 0 Å². The fraction of sp³-hybridized carbons (Fsp3) is 0.273. The number of benzene rings is 1. The molecular formula is C11H12N4O. The van der Waals surface area contributed by atoms with Gasteiger partial charge < -0.3 is 15.5 Å². The molecule has 0 fully saturated rings. The first kappa shape index (κ1) is 9.21. The summed E-state index contributed by atoms with van der Waals surface area (Å²) in [5.74, 6) is 0.532. The van der Waals surface area contributed by atoms with Gasteiger partial charge in [0.2, 0.25) is 0 Å². The van der Waals surface area contributed by atoms with E-state index in [0.29, 0.717) is 11.9 Å². The van der Waals surface area contributed by atoms with E-state index in [0.717, 1.165) is 13.0 Å². The molecule has 1 aliphatic carbocycles. The van der Waals surface area contributed by atoms with Gasteiger partial charge in [0.15, 0.2) is 0 Å². The predicted molar refractivity (Wildman–Crippen MR) is 60.1 cm³/mol. The minimum Gasteiger partial charge on any atom is -0.390 e. The summed E-state index contributed by atoms with van der Waals surface area (Å²) in [6.45, 7) is 0.804. The molecule has 0 spiro atoms. The van der Waals surface area contributed by atoms with Crippen molar-refractivity contribution in [3.63, 3.8) is 0 Å². The van der Waals surface area contributed by atoms with Crippen LogP contribution in [0.25, 0.3) is 0 Å². The second-order valence-corrected chi connectivity index (χ2v) is 3.93. The van der Waals surface area contributed by atoms with Crippen LogP contribution in [0.2, 0.25) is 0 Å². The molecule has 0 amide bonds. The zero-order valence-corrected chi connectivity index (χ0v) is 8.68. The SMILES string of the molecule is Nc1nnc(NCC2Cc3ccccc32)o1. The van der Waals surface area contributed by atoms with Crippen molar-refractivity contribution in [3.8, 4) is 0 Å². The molecule has 82 valence electrons. The number of nitrogens with one attached hydrogen (secondary N) is 1.